The van der Waals surface area contributed by atoms with Crippen molar-refractivity contribution in [1.82, 2.24) is 0 Å². The second-order valence-corrected chi connectivity index (χ2v) is 6.70. The van der Waals surface area contributed by atoms with Crippen molar-refractivity contribution in [3.8, 4) is 0 Å². The second kappa shape index (κ2) is 19.0. The molecule has 0 spiro atoms. The van der Waals surface area contributed by atoms with Crippen molar-refractivity contribution >= 4 is 6.88 Å². The van der Waals surface area contributed by atoms with Crippen LogP contribution in [0.2, 0.25) is 0 Å². The molecule has 2 unspecified atom stereocenters. The largest absolute Gasteiger partial charge is 0.184 e. The third-order valence-electron chi connectivity index (χ3n) is 5.03. The molecule has 0 aliphatic heterocycles. The molecule has 2 saturated carbocycles. The average Bonchev–Trinajstić information content (AvgIpc) is 3.41. The van der Waals surface area contributed by atoms with Crippen molar-refractivity contribution in [1.29, 1.82) is 0 Å². The van der Waals surface area contributed by atoms with E-state index in [1.54, 1.807) is 34.5 Å². The molecule has 160 valence electrons. The fraction of sp³-hybridized carbons (Fsp3) is 0.296. The molecule has 0 saturated heterocycles. The van der Waals surface area contributed by atoms with E-state index in [0.29, 0.717) is 0 Å². The van der Waals surface area contributed by atoms with Gasteiger partial charge >= 0.3 is 30.2 Å². The van der Waals surface area contributed by atoms with Gasteiger partial charge in [-0.1, -0.05) is 12.8 Å². The van der Waals surface area contributed by atoms with Gasteiger partial charge in [-0.2, -0.15) is 36.4 Å². The number of allylic oxidation sites excluding steroid dienone is 8. The van der Waals surface area contributed by atoms with Crippen LogP contribution in [0.25, 0.3) is 0 Å². The smallest absolute Gasteiger partial charge is 0.171 e. The zero-order valence-corrected chi connectivity index (χ0v) is 22.5. The molecule has 1 aromatic rings. The molecule has 2 atom stereocenters. The van der Waals surface area contributed by atoms with Crippen LogP contribution < -0.4 is 0 Å². The topological polar surface area (TPSA) is 0 Å². The molecule has 4 aliphatic carbocycles. The van der Waals surface area contributed by atoms with E-state index < -0.39 is 0 Å². The van der Waals surface area contributed by atoms with Gasteiger partial charge in [-0.25, -0.2) is 36.1 Å². The summed E-state index contributed by atoms with van der Waals surface area (Å²) < 4.78 is 0. The SMILES string of the molecule is C1=CCC2CC[CH-]C2=C1.C1=CCC2CC[CH-]C2=C1.[CH3-].[CH3-].[CH3-].[SiH2]=[Zr].[c-]1ccccc1. The van der Waals surface area contributed by atoms with Crippen molar-refractivity contribution < 1.29 is 23.3 Å². The van der Waals surface area contributed by atoms with Crippen LogP contribution in [0.5, 0.6) is 0 Å². The van der Waals surface area contributed by atoms with Crippen molar-refractivity contribution in [3.05, 3.63) is 119 Å². The summed E-state index contributed by atoms with van der Waals surface area (Å²) in [6.07, 6.45) is 26.1. The van der Waals surface area contributed by atoms with Crippen LogP contribution in [-0.4, -0.2) is 6.88 Å². The minimum absolute atomic E-state index is 0. The molecular formula is C27H38SiZr-6. The van der Waals surface area contributed by atoms with Gasteiger partial charge in [0, 0.05) is 0 Å². The Morgan fingerprint density at radius 3 is 1.52 bits per heavy atom. The Balaban J connectivity index is 0. The molecule has 0 amide bonds. The molecule has 0 heterocycles. The zero-order valence-electron chi connectivity index (χ0n) is 18.6. The van der Waals surface area contributed by atoms with Gasteiger partial charge in [-0.15, -0.1) is 37.1 Å². The van der Waals surface area contributed by atoms with Crippen LogP contribution in [0.4, 0.5) is 0 Å². The van der Waals surface area contributed by atoms with Gasteiger partial charge < -0.3 is 22.3 Å². The van der Waals surface area contributed by atoms with Crippen LogP contribution in [0.1, 0.15) is 38.5 Å². The van der Waals surface area contributed by atoms with E-state index in [-0.39, 0.29) is 22.3 Å². The standard InChI is InChI=1S/2C9H11.C6H5.3CH3.H2Si.Zr/c2*1-2-5-9-7-3-6-8(9)4-1;1-2-4-6-5-3-1;;;;;/h2*1-2,4,6,9H,3,5,7H2;1-5H;3*1H3;1H2;/q6*-1;;. The normalized spacial score (nSPS) is 21.1. The monoisotopic (exact) mass is 480 g/mol. The fourth-order valence-corrected chi connectivity index (χ4v) is 3.67. The Morgan fingerprint density at radius 1 is 0.759 bits per heavy atom. The van der Waals surface area contributed by atoms with Crippen LogP contribution in [0, 0.1) is 53.0 Å². The van der Waals surface area contributed by atoms with E-state index in [9.17, 15) is 0 Å². The van der Waals surface area contributed by atoms with Crippen LogP contribution in [-0.2, 0) is 23.3 Å². The summed E-state index contributed by atoms with van der Waals surface area (Å²) in [5.74, 6) is 1.77. The molecule has 1 aromatic carbocycles. The van der Waals surface area contributed by atoms with Crippen LogP contribution in [0.3, 0.4) is 0 Å². The molecule has 4 aliphatic rings. The van der Waals surface area contributed by atoms with E-state index in [1.165, 1.54) is 38.5 Å². The Bertz CT molecular complexity index is 560. The van der Waals surface area contributed by atoms with Crippen molar-refractivity contribution in [2.45, 2.75) is 38.5 Å². The van der Waals surface area contributed by atoms with Crippen molar-refractivity contribution in [2.75, 3.05) is 0 Å². The first-order valence-corrected chi connectivity index (χ1v) is 15.5. The summed E-state index contributed by atoms with van der Waals surface area (Å²) in [4.78, 5) is 0. The minimum Gasteiger partial charge on any atom is -0.184 e. The third-order valence-corrected chi connectivity index (χ3v) is 5.03. The first-order chi connectivity index (χ1) is 12.9. The maximum Gasteiger partial charge on any atom is -0.171 e. The van der Waals surface area contributed by atoms with Crippen LogP contribution in [0.15, 0.2) is 77.9 Å². The van der Waals surface area contributed by atoms with Crippen LogP contribution >= 0.6 is 0 Å². The Hall–Kier alpha value is -0.980. The van der Waals surface area contributed by atoms with Gasteiger partial charge in [0.25, 0.3) is 0 Å². The van der Waals surface area contributed by atoms with Gasteiger partial charge in [-0.05, 0) is 24.7 Å². The molecule has 2 heteroatoms. The van der Waals surface area contributed by atoms with Gasteiger partial charge in [0.05, 0.1) is 0 Å². The quantitative estimate of drug-likeness (QED) is 0.279. The molecule has 5 rings (SSSR count). The number of fused-ring (bicyclic) bond motifs is 2. The average molecular weight is 482 g/mol. The predicted molar refractivity (Wildman–Crippen MR) is 131 cm³/mol. The molecule has 0 nitrogen and oxygen atoms in total. The molecule has 0 aromatic heterocycles. The van der Waals surface area contributed by atoms with E-state index in [1.807, 2.05) is 37.2 Å². The first-order valence-electron chi connectivity index (χ1n) is 9.60. The summed E-state index contributed by atoms with van der Waals surface area (Å²) in [6, 6.07) is 12.5. The number of hydrogen-bond donors (Lipinski definition) is 0. The van der Waals surface area contributed by atoms with Crippen molar-refractivity contribution in [3.63, 3.8) is 0 Å². The van der Waals surface area contributed by atoms with Gasteiger partial charge in [0.15, 0.2) is 0 Å². The Labute approximate surface area is 198 Å². The Kier molecular flexibility index (Phi) is 19.8. The Morgan fingerprint density at radius 2 is 1.21 bits per heavy atom. The summed E-state index contributed by atoms with van der Waals surface area (Å²) in [6.45, 7) is 1.95. The summed E-state index contributed by atoms with van der Waals surface area (Å²) in [5.41, 5.74) is 3.16. The van der Waals surface area contributed by atoms with E-state index >= 15 is 0 Å². The summed E-state index contributed by atoms with van der Waals surface area (Å²) in [5, 5.41) is 0. The number of hydrogen-bond acceptors (Lipinski definition) is 0. The minimum atomic E-state index is 0. The second-order valence-electron chi connectivity index (χ2n) is 6.70. The predicted octanol–water partition coefficient (Wildman–Crippen LogP) is 6.89. The maximum absolute atomic E-state index is 2.89. The van der Waals surface area contributed by atoms with E-state index in [2.05, 4.69) is 55.4 Å². The van der Waals surface area contributed by atoms with Crippen molar-refractivity contribution in [2.24, 2.45) is 11.8 Å². The van der Waals surface area contributed by atoms with Gasteiger partial charge in [-0.3, -0.25) is 0 Å². The van der Waals surface area contributed by atoms with Gasteiger partial charge in [0.2, 0.25) is 0 Å². The molecule has 0 bridgehead atoms. The molecule has 0 radical (unpaired) electrons. The molecule has 29 heavy (non-hydrogen) atoms. The summed E-state index contributed by atoms with van der Waals surface area (Å²) in [7, 11) is 0. The number of rotatable bonds is 0. The van der Waals surface area contributed by atoms with E-state index in [0.717, 1.165) is 11.8 Å². The first kappa shape index (κ1) is 30.2. The third kappa shape index (κ3) is 11.1. The molecule has 2 fully saturated rings. The summed E-state index contributed by atoms with van der Waals surface area (Å²) >= 11 is 1.58. The fourth-order valence-electron chi connectivity index (χ4n) is 3.67. The van der Waals surface area contributed by atoms with E-state index in [4.69, 9.17) is 0 Å². The maximum atomic E-state index is 2.89. The molecular weight excluding hydrogens is 444 g/mol. The van der Waals surface area contributed by atoms with Gasteiger partial charge in [0.1, 0.15) is 0 Å². The zero-order chi connectivity index (χ0) is 18.5. The number of benzene rings is 1. The molecule has 0 N–H and O–H groups in total.